The fourth-order valence-electron chi connectivity index (χ4n) is 2.86. The molecule has 0 saturated heterocycles. The lowest BCUT2D eigenvalue weighted by molar-refractivity contribution is 0.350. The van der Waals surface area contributed by atoms with Crippen LogP contribution in [0.2, 0.25) is 0 Å². The molecule has 0 fully saturated rings. The van der Waals surface area contributed by atoms with Crippen molar-refractivity contribution in [1.82, 2.24) is 25.2 Å². The molecule has 3 aromatic heterocycles. The van der Waals surface area contributed by atoms with Crippen LogP contribution in [0.3, 0.4) is 0 Å². The van der Waals surface area contributed by atoms with Gasteiger partial charge in [0.05, 0.1) is 17.1 Å². The van der Waals surface area contributed by atoms with Crippen LogP contribution in [0.5, 0.6) is 0 Å². The monoisotopic (exact) mass is 329 g/mol. The van der Waals surface area contributed by atoms with Crippen molar-refractivity contribution in [3.63, 3.8) is 0 Å². The van der Waals surface area contributed by atoms with Gasteiger partial charge in [-0.15, -0.1) is 11.3 Å². The summed E-state index contributed by atoms with van der Waals surface area (Å²) in [7, 11) is 0. The first-order valence-corrected chi connectivity index (χ1v) is 8.85. The maximum atomic E-state index is 5.42. The molecule has 0 radical (unpaired) electrons. The number of nitrogens with one attached hydrogen (secondary N) is 1. The summed E-state index contributed by atoms with van der Waals surface area (Å²) in [6.45, 7) is 3.68. The molecular weight excluding hydrogens is 310 g/mol. The van der Waals surface area contributed by atoms with E-state index in [4.69, 9.17) is 4.52 Å². The predicted molar refractivity (Wildman–Crippen MR) is 88.2 cm³/mol. The van der Waals surface area contributed by atoms with Gasteiger partial charge in [0.15, 0.2) is 11.6 Å². The van der Waals surface area contributed by atoms with E-state index in [2.05, 4.69) is 27.5 Å². The second-order valence-corrected chi connectivity index (χ2v) is 6.70. The topological polar surface area (TPSA) is 68.8 Å². The van der Waals surface area contributed by atoms with Crippen LogP contribution < -0.4 is 5.32 Å². The largest absolute Gasteiger partial charge is 0.355 e. The van der Waals surface area contributed by atoms with Crippen LogP contribution in [0, 0.1) is 0 Å². The van der Waals surface area contributed by atoms with E-state index in [1.54, 1.807) is 11.3 Å². The Bertz CT molecular complexity index is 776. The Labute approximate surface area is 138 Å². The van der Waals surface area contributed by atoms with Gasteiger partial charge in [0.25, 0.3) is 0 Å². The molecule has 0 bridgehead atoms. The zero-order valence-electron chi connectivity index (χ0n) is 13.0. The van der Waals surface area contributed by atoms with Crippen molar-refractivity contribution in [2.45, 2.75) is 45.3 Å². The van der Waals surface area contributed by atoms with Crippen molar-refractivity contribution >= 4 is 11.3 Å². The van der Waals surface area contributed by atoms with Crippen LogP contribution >= 0.6 is 11.3 Å². The van der Waals surface area contributed by atoms with Crippen LogP contribution in [0.15, 0.2) is 28.1 Å². The maximum absolute atomic E-state index is 5.42. The third-order valence-corrected chi connectivity index (χ3v) is 5.00. The Morgan fingerprint density at radius 3 is 3.26 bits per heavy atom. The molecule has 0 spiro atoms. The maximum Gasteiger partial charge on any atom is 0.177 e. The number of fused-ring (bicyclic) bond motifs is 1. The molecule has 0 unspecified atom stereocenters. The highest BCUT2D eigenvalue weighted by molar-refractivity contribution is 7.13. The lowest BCUT2D eigenvalue weighted by Gasteiger charge is -2.23. The van der Waals surface area contributed by atoms with Crippen LogP contribution in [-0.2, 0) is 25.9 Å². The van der Waals surface area contributed by atoms with E-state index in [-0.39, 0.29) is 0 Å². The highest BCUT2D eigenvalue weighted by Gasteiger charge is 2.21. The Morgan fingerprint density at radius 2 is 2.43 bits per heavy atom. The molecule has 1 atom stereocenters. The van der Waals surface area contributed by atoms with Crippen LogP contribution in [0.4, 0.5) is 0 Å². The minimum Gasteiger partial charge on any atom is -0.355 e. The van der Waals surface area contributed by atoms with Crippen molar-refractivity contribution in [1.29, 1.82) is 0 Å². The van der Waals surface area contributed by atoms with E-state index >= 15 is 0 Å². The summed E-state index contributed by atoms with van der Waals surface area (Å²) in [5.74, 6) is 2.89. The van der Waals surface area contributed by atoms with Gasteiger partial charge in [-0.05, 0) is 17.9 Å². The van der Waals surface area contributed by atoms with Gasteiger partial charge in [0.1, 0.15) is 5.82 Å². The molecule has 1 N–H and O–H groups in total. The molecule has 0 aromatic carbocycles. The minimum absolute atomic E-state index is 0.399. The summed E-state index contributed by atoms with van der Waals surface area (Å²) in [4.78, 5) is 5.66. The zero-order valence-corrected chi connectivity index (χ0v) is 13.8. The van der Waals surface area contributed by atoms with Gasteiger partial charge in [-0.2, -0.15) is 5.10 Å². The first-order valence-electron chi connectivity index (χ1n) is 7.97. The molecule has 1 aliphatic heterocycles. The highest BCUT2D eigenvalue weighted by atomic mass is 32.1. The predicted octanol–water partition coefficient (Wildman–Crippen LogP) is 2.66. The molecule has 6 nitrogen and oxygen atoms in total. The lowest BCUT2D eigenvalue weighted by atomic mass is 10.1. The van der Waals surface area contributed by atoms with Crippen molar-refractivity contribution in [3.8, 4) is 10.6 Å². The van der Waals surface area contributed by atoms with Gasteiger partial charge in [-0.3, -0.25) is 0 Å². The summed E-state index contributed by atoms with van der Waals surface area (Å²) in [6.07, 6.45) is 2.95. The first kappa shape index (κ1) is 14.6. The van der Waals surface area contributed by atoms with E-state index < -0.39 is 0 Å². The smallest absolute Gasteiger partial charge is 0.177 e. The highest BCUT2D eigenvalue weighted by Crippen LogP contribution is 2.25. The third-order valence-electron chi connectivity index (χ3n) is 4.11. The molecular formula is C16H19N5OS. The quantitative estimate of drug-likeness (QED) is 0.779. The van der Waals surface area contributed by atoms with E-state index in [0.717, 1.165) is 53.8 Å². The molecule has 120 valence electrons. The normalized spacial score (nSPS) is 17.3. The van der Waals surface area contributed by atoms with Crippen molar-refractivity contribution in [2.75, 3.05) is 0 Å². The number of thiophene rings is 1. The summed E-state index contributed by atoms with van der Waals surface area (Å²) < 4.78 is 7.46. The second kappa shape index (κ2) is 6.25. The fraction of sp³-hybridized carbons (Fsp3) is 0.438. The van der Waals surface area contributed by atoms with Crippen LogP contribution in [-0.4, -0.2) is 26.0 Å². The fourth-order valence-corrected chi connectivity index (χ4v) is 3.53. The van der Waals surface area contributed by atoms with Crippen LogP contribution in [0.1, 0.15) is 30.7 Å². The molecule has 0 amide bonds. The second-order valence-electron chi connectivity index (χ2n) is 5.76. The molecule has 3 aromatic rings. The Kier molecular flexibility index (Phi) is 3.97. The Morgan fingerprint density at radius 1 is 1.48 bits per heavy atom. The number of nitrogens with zero attached hydrogens (tertiary/aromatic N) is 4. The van der Waals surface area contributed by atoms with Crippen molar-refractivity contribution in [3.05, 3.63) is 40.9 Å². The van der Waals surface area contributed by atoms with E-state index in [9.17, 15) is 0 Å². The summed E-state index contributed by atoms with van der Waals surface area (Å²) in [5.41, 5.74) is 0.937. The van der Waals surface area contributed by atoms with Gasteiger partial charge in [-0.25, -0.2) is 9.67 Å². The average molecular weight is 329 g/mol. The van der Waals surface area contributed by atoms with E-state index in [1.807, 2.05) is 28.3 Å². The molecule has 4 heterocycles. The standard InChI is InChI=1S/C16H19N5OS/c1-2-15-18-16-6-5-11(10-21(16)19-15)17-9-12-8-13(22-20-12)14-4-3-7-23-14/h3-4,7-8,11,17H,2,5-6,9-10H2,1H3/t11-/m1/s1. The van der Waals surface area contributed by atoms with Gasteiger partial charge in [-0.1, -0.05) is 18.1 Å². The molecule has 7 heteroatoms. The summed E-state index contributed by atoms with van der Waals surface area (Å²) in [5, 5.41) is 14.3. The van der Waals surface area contributed by atoms with Gasteiger partial charge >= 0.3 is 0 Å². The first-order chi connectivity index (χ1) is 11.3. The lowest BCUT2D eigenvalue weighted by Crippen LogP contribution is -2.37. The molecule has 0 saturated carbocycles. The number of hydrogen-bond acceptors (Lipinski definition) is 6. The number of aromatic nitrogens is 4. The van der Waals surface area contributed by atoms with E-state index in [1.165, 1.54) is 0 Å². The molecule has 23 heavy (non-hydrogen) atoms. The van der Waals surface area contributed by atoms with E-state index in [0.29, 0.717) is 12.6 Å². The summed E-state index contributed by atoms with van der Waals surface area (Å²) in [6, 6.07) is 6.47. The Balaban J connectivity index is 1.36. The van der Waals surface area contributed by atoms with Crippen LogP contribution in [0.25, 0.3) is 10.6 Å². The zero-order chi connectivity index (χ0) is 15.6. The van der Waals surface area contributed by atoms with Gasteiger partial charge in [0.2, 0.25) is 0 Å². The van der Waals surface area contributed by atoms with Gasteiger partial charge in [0, 0.05) is 31.5 Å². The SMILES string of the molecule is CCc1nc2n(n1)C[C@H](NCc1cc(-c3cccs3)on1)CC2. The van der Waals surface area contributed by atoms with Crippen molar-refractivity contribution < 1.29 is 4.52 Å². The molecule has 1 aliphatic rings. The van der Waals surface area contributed by atoms with Crippen molar-refractivity contribution in [2.24, 2.45) is 0 Å². The summed E-state index contributed by atoms with van der Waals surface area (Å²) >= 11 is 1.66. The van der Waals surface area contributed by atoms with Gasteiger partial charge < -0.3 is 9.84 Å². The number of rotatable bonds is 5. The third kappa shape index (κ3) is 3.07. The molecule has 4 rings (SSSR count). The number of hydrogen-bond donors (Lipinski definition) is 1. The average Bonchev–Trinajstić information content (AvgIpc) is 3.30. The molecule has 0 aliphatic carbocycles. The Hall–Kier alpha value is -1.99. The minimum atomic E-state index is 0.399. The number of aryl methyl sites for hydroxylation is 2.